The van der Waals surface area contributed by atoms with Crippen LogP contribution in [0.15, 0.2) is 12.2 Å². The second-order valence-electron chi connectivity index (χ2n) is 3.35. The molecular weight excluding hydrogens is 166 g/mol. The Morgan fingerprint density at radius 2 is 2.23 bits per heavy atom. The highest BCUT2D eigenvalue weighted by Gasteiger charge is 2.10. The van der Waals surface area contributed by atoms with E-state index >= 15 is 0 Å². The summed E-state index contributed by atoms with van der Waals surface area (Å²) < 4.78 is 4.50. The van der Waals surface area contributed by atoms with Crippen LogP contribution in [0, 0.1) is 5.92 Å². The Bertz CT molecular complexity index is 183. The highest BCUT2D eigenvalue weighted by atomic mass is 16.5. The van der Waals surface area contributed by atoms with E-state index in [0.29, 0.717) is 0 Å². The van der Waals surface area contributed by atoms with Crippen molar-refractivity contribution in [3.8, 4) is 0 Å². The zero-order valence-electron chi connectivity index (χ0n) is 8.08. The lowest BCUT2D eigenvalue weighted by atomic mass is 9.95. The summed E-state index contributed by atoms with van der Waals surface area (Å²) in [5.74, 6) is 0.482. The normalized spacial score (nSPS) is 19.2. The largest absolute Gasteiger partial charge is 0.466 e. The molecule has 13 heavy (non-hydrogen) atoms. The van der Waals surface area contributed by atoms with Crippen molar-refractivity contribution >= 4 is 5.97 Å². The van der Waals surface area contributed by atoms with Crippen LogP contribution in [0.4, 0.5) is 0 Å². The standard InChI is InChI=1S/C10H17NO2/c1-13-10(12)4-2-3-9-5-7-11-8-6-9/h2,4,9,11H,3,5-8H2,1H3/b4-2-. The molecule has 0 aromatic rings. The molecule has 0 spiro atoms. The van der Waals surface area contributed by atoms with Gasteiger partial charge in [-0.05, 0) is 38.3 Å². The van der Waals surface area contributed by atoms with Gasteiger partial charge in [0, 0.05) is 6.08 Å². The highest BCUT2D eigenvalue weighted by molar-refractivity contribution is 5.81. The van der Waals surface area contributed by atoms with Gasteiger partial charge in [0.15, 0.2) is 0 Å². The van der Waals surface area contributed by atoms with Gasteiger partial charge in [-0.25, -0.2) is 4.79 Å². The molecule has 3 nitrogen and oxygen atoms in total. The van der Waals surface area contributed by atoms with Crippen molar-refractivity contribution in [2.24, 2.45) is 5.92 Å². The molecule has 0 amide bonds. The van der Waals surface area contributed by atoms with Gasteiger partial charge in [0.05, 0.1) is 7.11 Å². The minimum atomic E-state index is -0.256. The number of ether oxygens (including phenoxy) is 1. The first kappa shape index (κ1) is 10.3. The predicted octanol–water partition coefficient (Wildman–Crippen LogP) is 1.11. The van der Waals surface area contributed by atoms with E-state index in [1.807, 2.05) is 6.08 Å². The Morgan fingerprint density at radius 1 is 1.54 bits per heavy atom. The van der Waals surface area contributed by atoms with E-state index in [0.717, 1.165) is 25.4 Å². The van der Waals surface area contributed by atoms with Crippen molar-refractivity contribution in [2.45, 2.75) is 19.3 Å². The number of allylic oxidation sites excluding steroid dienone is 1. The predicted molar refractivity (Wildman–Crippen MR) is 51.4 cm³/mol. The van der Waals surface area contributed by atoms with Crippen molar-refractivity contribution in [3.05, 3.63) is 12.2 Å². The first-order valence-electron chi connectivity index (χ1n) is 4.78. The van der Waals surface area contributed by atoms with Gasteiger partial charge >= 0.3 is 5.97 Å². The van der Waals surface area contributed by atoms with E-state index in [-0.39, 0.29) is 5.97 Å². The number of piperidine rings is 1. The van der Waals surface area contributed by atoms with Gasteiger partial charge in [-0.3, -0.25) is 0 Å². The van der Waals surface area contributed by atoms with Gasteiger partial charge in [-0.2, -0.15) is 0 Å². The Balaban J connectivity index is 2.16. The number of nitrogens with one attached hydrogen (secondary N) is 1. The van der Waals surface area contributed by atoms with Crippen LogP contribution in [0.25, 0.3) is 0 Å². The number of carbonyl (C=O) groups excluding carboxylic acids is 1. The molecule has 1 fully saturated rings. The average molecular weight is 183 g/mol. The Hall–Kier alpha value is -0.830. The van der Waals surface area contributed by atoms with Crippen LogP contribution >= 0.6 is 0 Å². The fourth-order valence-corrected chi connectivity index (χ4v) is 1.54. The third-order valence-corrected chi connectivity index (χ3v) is 2.38. The number of rotatable bonds is 3. The van der Waals surface area contributed by atoms with Gasteiger partial charge < -0.3 is 10.1 Å². The first-order chi connectivity index (χ1) is 6.33. The Morgan fingerprint density at radius 3 is 2.85 bits per heavy atom. The van der Waals surface area contributed by atoms with Gasteiger partial charge in [0.25, 0.3) is 0 Å². The molecule has 74 valence electrons. The van der Waals surface area contributed by atoms with Gasteiger partial charge in [0.1, 0.15) is 0 Å². The molecule has 0 unspecified atom stereocenters. The highest BCUT2D eigenvalue weighted by Crippen LogP contribution is 2.15. The summed E-state index contributed by atoms with van der Waals surface area (Å²) in [6.07, 6.45) is 6.86. The van der Waals surface area contributed by atoms with Crippen LogP contribution in [-0.2, 0) is 9.53 Å². The molecule has 1 N–H and O–H groups in total. The summed E-state index contributed by atoms with van der Waals surface area (Å²) in [6.45, 7) is 2.22. The lowest BCUT2D eigenvalue weighted by molar-refractivity contribution is -0.134. The molecule has 1 rings (SSSR count). The first-order valence-corrected chi connectivity index (χ1v) is 4.78. The SMILES string of the molecule is COC(=O)/C=C\CC1CCNCC1. The lowest BCUT2D eigenvalue weighted by Gasteiger charge is -2.20. The molecular formula is C10H17NO2. The lowest BCUT2D eigenvalue weighted by Crippen LogP contribution is -2.27. The fourth-order valence-electron chi connectivity index (χ4n) is 1.54. The zero-order valence-corrected chi connectivity index (χ0v) is 8.08. The molecule has 0 atom stereocenters. The fraction of sp³-hybridized carbons (Fsp3) is 0.700. The molecule has 3 heteroatoms. The molecule has 1 aliphatic rings. The monoisotopic (exact) mass is 183 g/mol. The van der Waals surface area contributed by atoms with Crippen molar-refractivity contribution in [1.82, 2.24) is 5.32 Å². The molecule has 1 heterocycles. The minimum absolute atomic E-state index is 0.256. The third kappa shape index (κ3) is 4.08. The molecule has 1 aliphatic heterocycles. The van der Waals surface area contributed by atoms with Crippen LogP contribution in [0.3, 0.4) is 0 Å². The van der Waals surface area contributed by atoms with Crippen molar-refractivity contribution < 1.29 is 9.53 Å². The van der Waals surface area contributed by atoms with Crippen LogP contribution in [0.5, 0.6) is 0 Å². The molecule has 0 saturated carbocycles. The molecule has 0 aromatic carbocycles. The smallest absolute Gasteiger partial charge is 0.330 e. The van der Waals surface area contributed by atoms with E-state index in [1.165, 1.54) is 26.0 Å². The Kier molecular flexibility index (Phi) is 4.54. The molecule has 0 radical (unpaired) electrons. The second kappa shape index (κ2) is 5.75. The third-order valence-electron chi connectivity index (χ3n) is 2.38. The molecule has 0 bridgehead atoms. The van der Waals surface area contributed by atoms with E-state index < -0.39 is 0 Å². The molecule has 0 aliphatic carbocycles. The number of esters is 1. The zero-order chi connectivity index (χ0) is 9.52. The van der Waals surface area contributed by atoms with E-state index in [4.69, 9.17) is 0 Å². The maximum absolute atomic E-state index is 10.7. The van der Waals surface area contributed by atoms with Crippen molar-refractivity contribution in [1.29, 1.82) is 0 Å². The topological polar surface area (TPSA) is 38.3 Å². The van der Waals surface area contributed by atoms with Crippen LogP contribution in [0.1, 0.15) is 19.3 Å². The van der Waals surface area contributed by atoms with Crippen LogP contribution in [-0.4, -0.2) is 26.2 Å². The van der Waals surface area contributed by atoms with E-state index in [2.05, 4.69) is 10.1 Å². The number of hydrogen-bond donors (Lipinski definition) is 1. The van der Waals surface area contributed by atoms with Gasteiger partial charge in [-0.15, -0.1) is 0 Å². The molecule has 0 aromatic heterocycles. The molecule has 1 saturated heterocycles. The minimum Gasteiger partial charge on any atom is -0.466 e. The summed E-state index contributed by atoms with van der Waals surface area (Å²) in [5, 5.41) is 3.31. The number of carbonyl (C=O) groups is 1. The Labute approximate surface area is 79.2 Å². The van der Waals surface area contributed by atoms with Crippen molar-refractivity contribution in [2.75, 3.05) is 20.2 Å². The van der Waals surface area contributed by atoms with E-state index in [1.54, 1.807) is 0 Å². The summed E-state index contributed by atoms with van der Waals surface area (Å²) in [4.78, 5) is 10.7. The number of hydrogen-bond acceptors (Lipinski definition) is 3. The van der Waals surface area contributed by atoms with Crippen LogP contribution < -0.4 is 5.32 Å². The average Bonchev–Trinajstić information content (AvgIpc) is 2.19. The maximum atomic E-state index is 10.7. The van der Waals surface area contributed by atoms with E-state index in [9.17, 15) is 4.79 Å². The summed E-state index contributed by atoms with van der Waals surface area (Å²) in [5.41, 5.74) is 0. The summed E-state index contributed by atoms with van der Waals surface area (Å²) in [7, 11) is 1.40. The second-order valence-corrected chi connectivity index (χ2v) is 3.35. The number of methoxy groups -OCH3 is 1. The van der Waals surface area contributed by atoms with Gasteiger partial charge in [-0.1, -0.05) is 6.08 Å². The maximum Gasteiger partial charge on any atom is 0.330 e. The summed E-state index contributed by atoms with van der Waals surface area (Å²) in [6, 6.07) is 0. The quantitative estimate of drug-likeness (QED) is 0.526. The van der Waals surface area contributed by atoms with Crippen LogP contribution in [0.2, 0.25) is 0 Å². The summed E-state index contributed by atoms with van der Waals surface area (Å²) >= 11 is 0. The van der Waals surface area contributed by atoms with Gasteiger partial charge in [0.2, 0.25) is 0 Å². The van der Waals surface area contributed by atoms with Crippen molar-refractivity contribution in [3.63, 3.8) is 0 Å².